The monoisotopic (exact) mass is 325 g/mol. The molecular weight excluding hydrogens is 317 g/mol. The topological polar surface area (TPSA) is 69.4 Å². The van der Waals surface area contributed by atoms with Crippen molar-refractivity contribution >= 4 is 34.7 Å². The molecule has 21 heavy (non-hydrogen) atoms. The average Bonchev–Trinajstić information content (AvgIpc) is 2.45. The van der Waals surface area contributed by atoms with Gasteiger partial charge in [0, 0.05) is 11.6 Å². The van der Waals surface area contributed by atoms with Crippen molar-refractivity contribution in [2.75, 3.05) is 6.61 Å². The Morgan fingerprint density at radius 2 is 1.76 bits per heavy atom. The summed E-state index contributed by atoms with van der Waals surface area (Å²) in [6.45, 7) is -0.395. The number of nitro benzene ring substituents is 1. The lowest BCUT2D eigenvalue weighted by Gasteiger charge is -2.08. The molecule has 108 valence electrons. The van der Waals surface area contributed by atoms with Crippen LogP contribution in [0.4, 0.5) is 5.69 Å². The Morgan fingerprint density at radius 3 is 2.43 bits per heavy atom. The summed E-state index contributed by atoms with van der Waals surface area (Å²) in [6, 6.07) is 10.6. The molecular formula is C14H9Cl2NO4. The first kappa shape index (κ1) is 15.3. The van der Waals surface area contributed by atoms with E-state index in [0.717, 1.165) is 0 Å². The van der Waals surface area contributed by atoms with Crippen molar-refractivity contribution < 1.29 is 14.5 Å². The Bertz CT molecular complexity index is 703. The molecule has 0 spiro atoms. The van der Waals surface area contributed by atoms with Gasteiger partial charge in [0.25, 0.3) is 0 Å². The minimum Gasteiger partial charge on any atom is -0.477 e. The predicted molar refractivity (Wildman–Crippen MR) is 79.4 cm³/mol. The summed E-state index contributed by atoms with van der Waals surface area (Å²) in [7, 11) is 0. The van der Waals surface area contributed by atoms with Crippen molar-refractivity contribution in [3.05, 3.63) is 68.2 Å². The van der Waals surface area contributed by atoms with E-state index in [1.807, 2.05) is 0 Å². The Labute approximate surface area is 130 Å². The van der Waals surface area contributed by atoms with Gasteiger partial charge in [-0.2, -0.15) is 0 Å². The van der Waals surface area contributed by atoms with Gasteiger partial charge in [-0.25, -0.2) is 0 Å². The molecule has 0 unspecified atom stereocenters. The maximum Gasteiger partial charge on any atom is 0.312 e. The normalized spacial score (nSPS) is 10.2. The Morgan fingerprint density at radius 1 is 1.10 bits per heavy atom. The summed E-state index contributed by atoms with van der Waals surface area (Å²) in [6.07, 6.45) is 0. The van der Waals surface area contributed by atoms with Crippen LogP contribution < -0.4 is 4.74 Å². The van der Waals surface area contributed by atoms with Crippen LogP contribution in [0.15, 0.2) is 42.5 Å². The molecule has 0 heterocycles. The van der Waals surface area contributed by atoms with Crippen LogP contribution in [0.2, 0.25) is 10.0 Å². The number of ether oxygens (including phenoxy) is 1. The van der Waals surface area contributed by atoms with Gasteiger partial charge in [0.05, 0.1) is 15.0 Å². The van der Waals surface area contributed by atoms with Gasteiger partial charge >= 0.3 is 5.69 Å². The van der Waals surface area contributed by atoms with Crippen LogP contribution in [-0.2, 0) is 0 Å². The van der Waals surface area contributed by atoms with Crippen LogP contribution in [0.1, 0.15) is 10.4 Å². The molecule has 0 radical (unpaired) electrons. The van der Waals surface area contributed by atoms with Crippen LogP contribution in [0.3, 0.4) is 0 Å². The molecule has 0 aromatic heterocycles. The van der Waals surface area contributed by atoms with Crippen molar-refractivity contribution in [3.8, 4) is 5.75 Å². The number of Topliss-reactive ketones (excluding diaryl/α,β-unsaturated/α-hetero) is 1. The van der Waals surface area contributed by atoms with E-state index < -0.39 is 17.3 Å². The number of hydrogen-bond acceptors (Lipinski definition) is 4. The number of rotatable bonds is 5. The fourth-order valence-electron chi connectivity index (χ4n) is 1.69. The molecule has 2 aromatic carbocycles. The number of benzene rings is 2. The summed E-state index contributed by atoms with van der Waals surface area (Å²) in [5, 5.41) is 11.3. The molecule has 0 amide bonds. The number of halogens is 2. The van der Waals surface area contributed by atoms with Gasteiger partial charge in [-0.3, -0.25) is 14.9 Å². The van der Waals surface area contributed by atoms with E-state index in [1.54, 1.807) is 24.3 Å². The fourth-order valence-corrected chi connectivity index (χ4v) is 2.15. The first-order chi connectivity index (χ1) is 10.0. The number of hydrogen-bond donors (Lipinski definition) is 0. The van der Waals surface area contributed by atoms with E-state index in [9.17, 15) is 14.9 Å². The number of nitrogens with zero attached hydrogens (tertiary/aromatic N) is 1. The Kier molecular flexibility index (Phi) is 4.77. The number of nitro groups is 1. The number of ketones is 1. The molecule has 0 N–H and O–H groups in total. The second-order valence-electron chi connectivity index (χ2n) is 4.04. The third-order valence-corrected chi connectivity index (χ3v) is 3.29. The summed E-state index contributed by atoms with van der Waals surface area (Å²) in [5.41, 5.74) is -0.0108. The standard InChI is InChI=1S/C14H9Cl2NO4/c15-10-5-2-1-4-9(10)13(18)8-21-14-11(16)6-3-7-12(14)17(19)20/h1-7H,8H2. The van der Waals surface area contributed by atoms with Gasteiger partial charge in [0.15, 0.2) is 6.61 Å². The molecule has 0 saturated carbocycles. The Hall–Kier alpha value is -2.11. The second kappa shape index (κ2) is 6.56. The minimum absolute atomic E-state index is 0.0659. The maximum atomic E-state index is 12.0. The van der Waals surface area contributed by atoms with Crippen LogP contribution in [0, 0.1) is 10.1 Å². The van der Waals surface area contributed by atoms with E-state index in [2.05, 4.69) is 0 Å². The number of carbonyl (C=O) groups excluding carboxylic acids is 1. The van der Waals surface area contributed by atoms with Crippen molar-refractivity contribution in [2.45, 2.75) is 0 Å². The van der Waals surface area contributed by atoms with Crippen LogP contribution in [0.25, 0.3) is 0 Å². The first-order valence-corrected chi connectivity index (χ1v) is 6.59. The molecule has 0 bridgehead atoms. The van der Waals surface area contributed by atoms with Crippen molar-refractivity contribution in [1.82, 2.24) is 0 Å². The summed E-state index contributed by atoms with van der Waals surface area (Å²) >= 11 is 11.8. The highest BCUT2D eigenvalue weighted by Gasteiger charge is 2.20. The lowest BCUT2D eigenvalue weighted by Crippen LogP contribution is -2.13. The Balaban J connectivity index is 2.19. The summed E-state index contributed by atoms with van der Waals surface area (Å²) in [4.78, 5) is 22.3. The van der Waals surface area contributed by atoms with Gasteiger partial charge in [-0.15, -0.1) is 0 Å². The minimum atomic E-state index is -0.624. The van der Waals surface area contributed by atoms with E-state index in [1.165, 1.54) is 18.2 Å². The second-order valence-corrected chi connectivity index (χ2v) is 4.85. The zero-order valence-corrected chi connectivity index (χ0v) is 12.1. The quantitative estimate of drug-likeness (QED) is 0.470. The summed E-state index contributed by atoms with van der Waals surface area (Å²) in [5.74, 6) is -0.528. The predicted octanol–water partition coefficient (Wildman–Crippen LogP) is 4.16. The smallest absolute Gasteiger partial charge is 0.312 e. The summed E-state index contributed by atoms with van der Waals surface area (Å²) < 4.78 is 5.22. The molecule has 0 atom stereocenters. The van der Waals surface area contributed by atoms with Crippen molar-refractivity contribution in [3.63, 3.8) is 0 Å². The van der Waals surface area contributed by atoms with Crippen molar-refractivity contribution in [2.24, 2.45) is 0 Å². The molecule has 0 saturated heterocycles. The van der Waals surface area contributed by atoms with Gasteiger partial charge in [0.2, 0.25) is 11.5 Å². The molecule has 0 aliphatic carbocycles. The van der Waals surface area contributed by atoms with Crippen LogP contribution in [-0.4, -0.2) is 17.3 Å². The van der Waals surface area contributed by atoms with Crippen LogP contribution >= 0.6 is 23.2 Å². The molecule has 2 aromatic rings. The van der Waals surface area contributed by atoms with Gasteiger partial charge in [-0.1, -0.05) is 41.4 Å². The van der Waals surface area contributed by atoms with Gasteiger partial charge in [-0.05, 0) is 18.2 Å². The third-order valence-electron chi connectivity index (χ3n) is 2.66. The van der Waals surface area contributed by atoms with E-state index in [0.29, 0.717) is 5.02 Å². The third kappa shape index (κ3) is 3.51. The average molecular weight is 326 g/mol. The SMILES string of the molecule is O=C(COc1c(Cl)cccc1[N+](=O)[O-])c1ccccc1Cl. The first-order valence-electron chi connectivity index (χ1n) is 5.84. The number of para-hydroxylation sites is 1. The van der Waals surface area contributed by atoms with Crippen LogP contribution in [0.5, 0.6) is 5.75 Å². The fraction of sp³-hybridized carbons (Fsp3) is 0.0714. The van der Waals surface area contributed by atoms with E-state index in [4.69, 9.17) is 27.9 Å². The molecule has 0 fully saturated rings. The van der Waals surface area contributed by atoms with Crippen molar-refractivity contribution in [1.29, 1.82) is 0 Å². The highest BCUT2D eigenvalue weighted by atomic mass is 35.5. The zero-order valence-electron chi connectivity index (χ0n) is 10.6. The number of carbonyl (C=O) groups is 1. The lowest BCUT2D eigenvalue weighted by atomic mass is 10.1. The maximum absolute atomic E-state index is 12.0. The highest BCUT2D eigenvalue weighted by Crippen LogP contribution is 2.34. The van der Waals surface area contributed by atoms with E-state index in [-0.39, 0.29) is 22.0 Å². The largest absolute Gasteiger partial charge is 0.477 e. The molecule has 2 rings (SSSR count). The molecule has 5 nitrogen and oxygen atoms in total. The van der Waals surface area contributed by atoms with Gasteiger partial charge in [0.1, 0.15) is 0 Å². The molecule has 7 heteroatoms. The molecule has 0 aliphatic heterocycles. The highest BCUT2D eigenvalue weighted by molar-refractivity contribution is 6.34. The van der Waals surface area contributed by atoms with Gasteiger partial charge < -0.3 is 4.74 Å². The lowest BCUT2D eigenvalue weighted by molar-refractivity contribution is -0.385. The zero-order chi connectivity index (χ0) is 15.4. The van der Waals surface area contributed by atoms with E-state index >= 15 is 0 Å². The molecule has 0 aliphatic rings.